The second kappa shape index (κ2) is 6.99. The third-order valence-electron chi connectivity index (χ3n) is 3.15. The van der Waals surface area contributed by atoms with E-state index in [2.05, 4.69) is 4.90 Å². The standard InChI is InChI=1S/C8H15NO2.C4H9N.H2/c1-7(10)6-9-4-2-8(11)3-5-9;5-4-2-1-3-4;/h8,11H,2-6H2,1H3;4H,1-3,5H2;1H. The molecule has 3 N–H and O–H groups in total. The minimum atomic E-state index is -0.141. The molecule has 2 rings (SSSR count). The van der Waals surface area contributed by atoms with E-state index in [0.29, 0.717) is 12.6 Å². The van der Waals surface area contributed by atoms with E-state index in [0.717, 1.165) is 25.9 Å². The summed E-state index contributed by atoms with van der Waals surface area (Å²) in [6, 6.07) is 0.565. The molecule has 0 aromatic rings. The number of hydrogen-bond donors (Lipinski definition) is 2. The van der Waals surface area contributed by atoms with Crippen LogP contribution in [0.4, 0.5) is 0 Å². The molecule has 0 bridgehead atoms. The van der Waals surface area contributed by atoms with E-state index in [1.54, 1.807) is 6.92 Å². The van der Waals surface area contributed by atoms with Gasteiger partial charge in [-0.05, 0) is 32.6 Å². The molecule has 0 aromatic carbocycles. The van der Waals surface area contributed by atoms with Gasteiger partial charge in [0.05, 0.1) is 12.6 Å². The van der Waals surface area contributed by atoms with Gasteiger partial charge in [-0.1, -0.05) is 6.42 Å². The van der Waals surface area contributed by atoms with Crippen LogP contribution in [0.15, 0.2) is 0 Å². The van der Waals surface area contributed by atoms with Gasteiger partial charge in [0, 0.05) is 20.6 Å². The summed E-state index contributed by atoms with van der Waals surface area (Å²) in [6.45, 7) is 3.87. The first-order chi connectivity index (χ1) is 7.58. The van der Waals surface area contributed by atoms with Gasteiger partial charge in [-0.2, -0.15) is 0 Å². The van der Waals surface area contributed by atoms with E-state index in [1.807, 2.05) is 0 Å². The fourth-order valence-electron chi connectivity index (χ4n) is 1.83. The lowest BCUT2D eigenvalue weighted by atomic mass is 9.95. The molecule has 0 unspecified atom stereocenters. The number of nitrogens with zero attached hydrogens (tertiary/aromatic N) is 1. The highest BCUT2D eigenvalue weighted by Gasteiger charge is 2.17. The van der Waals surface area contributed by atoms with Crippen molar-refractivity contribution in [2.24, 2.45) is 5.73 Å². The molecule has 2 aliphatic rings. The maximum Gasteiger partial charge on any atom is 0.143 e. The average molecular weight is 230 g/mol. The lowest BCUT2D eigenvalue weighted by Crippen LogP contribution is -2.38. The van der Waals surface area contributed by atoms with Gasteiger partial charge in [0.2, 0.25) is 0 Å². The number of aliphatic hydroxyl groups is 1. The van der Waals surface area contributed by atoms with Crippen molar-refractivity contribution in [2.75, 3.05) is 19.6 Å². The Balaban J connectivity index is 0.000000360. The average Bonchev–Trinajstić information content (AvgIpc) is 2.19. The van der Waals surface area contributed by atoms with Crippen molar-refractivity contribution in [1.82, 2.24) is 4.90 Å². The fraction of sp³-hybridized carbons (Fsp3) is 0.917. The number of carbonyl (C=O) groups excluding carboxylic acids is 1. The monoisotopic (exact) mass is 230 g/mol. The highest BCUT2D eigenvalue weighted by Crippen LogP contribution is 2.14. The van der Waals surface area contributed by atoms with Crippen molar-refractivity contribution >= 4 is 5.78 Å². The number of hydrogen-bond acceptors (Lipinski definition) is 4. The summed E-state index contributed by atoms with van der Waals surface area (Å²) < 4.78 is 0. The van der Waals surface area contributed by atoms with Gasteiger partial charge in [0.1, 0.15) is 5.78 Å². The van der Waals surface area contributed by atoms with Crippen LogP contribution in [-0.2, 0) is 4.79 Å². The first-order valence-electron chi connectivity index (χ1n) is 6.23. The first kappa shape index (κ1) is 13.6. The molecule has 4 heteroatoms. The van der Waals surface area contributed by atoms with Crippen molar-refractivity contribution in [3.05, 3.63) is 0 Å². The Morgan fingerprint density at radius 1 is 1.38 bits per heavy atom. The van der Waals surface area contributed by atoms with Crippen LogP contribution < -0.4 is 5.73 Å². The van der Waals surface area contributed by atoms with Gasteiger partial charge >= 0.3 is 0 Å². The molecular weight excluding hydrogens is 204 g/mol. The lowest BCUT2D eigenvalue weighted by molar-refractivity contribution is -0.118. The van der Waals surface area contributed by atoms with Gasteiger partial charge in [-0.25, -0.2) is 0 Å². The first-order valence-corrected chi connectivity index (χ1v) is 6.23. The summed E-state index contributed by atoms with van der Waals surface area (Å²) >= 11 is 0. The van der Waals surface area contributed by atoms with Crippen molar-refractivity contribution in [3.63, 3.8) is 0 Å². The zero-order valence-electron chi connectivity index (χ0n) is 10.2. The van der Waals surface area contributed by atoms with Crippen LogP contribution in [0.5, 0.6) is 0 Å². The molecule has 0 spiro atoms. The maximum atomic E-state index is 10.7. The van der Waals surface area contributed by atoms with Crippen LogP contribution in [0.2, 0.25) is 0 Å². The van der Waals surface area contributed by atoms with E-state index in [9.17, 15) is 4.79 Å². The molecule has 16 heavy (non-hydrogen) atoms. The van der Waals surface area contributed by atoms with Crippen LogP contribution in [0.1, 0.15) is 40.5 Å². The SMILES string of the molecule is CC(=O)CN1CCC(O)CC1.NC1CCC1.[HH]. The van der Waals surface area contributed by atoms with Crippen molar-refractivity contribution < 1.29 is 11.3 Å². The minimum absolute atomic E-state index is 0. The molecule has 1 aliphatic heterocycles. The summed E-state index contributed by atoms with van der Waals surface area (Å²) in [4.78, 5) is 12.8. The largest absolute Gasteiger partial charge is 0.393 e. The van der Waals surface area contributed by atoms with Crippen molar-refractivity contribution in [2.45, 2.75) is 51.2 Å². The number of Topliss-reactive ketones (excluding diaryl/α,β-unsaturated/α-hetero) is 1. The second-order valence-electron chi connectivity index (χ2n) is 4.90. The Labute approximate surface area is 99.3 Å². The molecule has 4 nitrogen and oxygen atoms in total. The van der Waals surface area contributed by atoms with Crippen molar-refractivity contribution in [3.8, 4) is 0 Å². The van der Waals surface area contributed by atoms with Gasteiger partial charge in [0.25, 0.3) is 0 Å². The number of nitrogens with two attached hydrogens (primary N) is 1. The predicted octanol–water partition coefficient (Wildman–Crippen LogP) is 0.776. The summed E-state index contributed by atoms with van der Waals surface area (Å²) in [7, 11) is 0. The van der Waals surface area contributed by atoms with Crippen LogP contribution >= 0.6 is 0 Å². The van der Waals surface area contributed by atoms with Crippen LogP contribution in [0.3, 0.4) is 0 Å². The lowest BCUT2D eigenvalue weighted by Gasteiger charge is -2.28. The Bertz CT molecular complexity index is 215. The minimum Gasteiger partial charge on any atom is -0.393 e. The maximum absolute atomic E-state index is 10.7. The predicted molar refractivity (Wildman–Crippen MR) is 66.3 cm³/mol. The number of ketones is 1. The Kier molecular flexibility index (Phi) is 5.95. The third kappa shape index (κ3) is 5.58. The van der Waals surface area contributed by atoms with Crippen molar-refractivity contribution in [1.29, 1.82) is 0 Å². The molecule has 1 aliphatic carbocycles. The van der Waals surface area contributed by atoms with E-state index < -0.39 is 0 Å². The zero-order chi connectivity index (χ0) is 12.0. The number of piperidine rings is 1. The molecule has 1 saturated heterocycles. The molecule has 0 atom stereocenters. The fourth-order valence-corrected chi connectivity index (χ4v) is 1.83. The highest BCUT2D eigenvalue weighted by atomic mass is 16.3. The summed E-state index contributed by atoms with van der Waals surface area (Å²) in [6.07, 6.45) is 5.38. The molecule has 96 valence electrons. The number of rotatable bonds is 2. The van der Waals surface area contributed by atoms with E-state index in [4.69, 9.17) is 10.8 Å². The van der Waals surface area contributed by atoms with Gasteiger partial charge in [0.15, 0.2) is 0 Å². The normalized spacial score (nSPS) is 23.2. The molecule has 0 aromatic heterocycles. The number of likely N-dealkylation sites (tertiary alicyclic amines) is 1. The molecule has 2 fully saturated rings. The second-order valence-corrected chi connectivity index (χ2v) is 4.90. The van der Waals surface area contributed by atoms with E-state index >= 15 is 0 Å². The van der Waals surface area contributed by atoms with Gasteiger partial charge in [-0.3, -0.25) is 9.69 Å². The molecular formula is C12H26N2O2. The van der Waals surface area contributed by atoms with Gasteiger partial charge in [-0.15, -0.1) is 0 Å². The van der Waals surface area contributed by atoms with Crippen LogP contribution in [0, 0.1) is 0 Å². The number of aliphatic hydroxyl groups excluding tert-OH is 1. The van der Waals surface area contributed by atoms with Gasteiger partial charge < -0.3 is 10.8 Å². The van der Waals surface area contributed by atoms with E-state index in [-0.39, 0.29) is 13.3 Å². The summed E-state index contributed by atoms with van der Waals surface area (Å²) in [5, 5.41) is 9.15. The molecule has 1 heterocycles. The summed E-state index contributed by atoms with van der Waals surface area (Å²) in [5.41, 5.74) is 5.38. The van der Waals surface area contributed by atoms with Crippen LogP contribution in [0.25, 0.3) is 0 Å². The Morgan fingerprint density at radius 3 is 2.19 bits per heavy atom. The Morgan fingerprint density at radius 2 is 1.88 bits per heavy atom. The topological polar surface area (TPSA) is 66.6 Å². The Hall–Kier alpha value is -0.450. The highest BCUT2D eigenvalue weighted by molar-refractivity contribution is 5.77. The summed E-state index contributed by atoms with van der Waals surface area (Å²) in [5.74, 6) is 0.210. The third-order valence-corrected chi connectivity index (χ3v) is 3.15. The van der Waals surface area contributed by atoms with E-state index in [1.165, 1.54) is 19.3 Å². The molecule has 0 amide bonds. The molecule has 1 saturated carbocycles. The molecule has 0 radical (unpaired) electrons. The zero-order valence-corrected chi connectivity index (χ0v) is 10.2. The quantitative estimate of drug-likeness (QED) is 0.735. The van der Waals surface area contributed by atoms with Crippen LogP contribution in [-0.4, -0.2) is 47.6 Å². The number of carbonyl (C=O) groups is 1. The smallest absolute Gasteiger partial charge is 0.143 e.